The summed E-state index contributed by atoms with van der Waals surface area (Å²) in [6, 6.07) is 8.67. The zero-order valence-electron chi connectivity index (χ0n) is 16.0. The van der Waals surface area contributed by atoms with E-state index in [9.17, 15) is 13.6 Å². The molecule has 0 N–H and O–H groups in total. The fraction of sp³-hybridized carbons (Fsp3) is 0.300. The standard InChI is InChI=1S/C20H20ClF2N3O2S/c1-25(2)8-3-9-26(18(27)12-28-15-6-4-13(21)5-7-15)20-24-19-16(23)10-14(22)11-17(19)29-20/h4-7,10-11H,3,8-9,12H2,1-2H3. The molecule has 0 spiro atoms. The first-order valence-corrected chi connectivity index (χ1v) is 10.1. The van der Waals surface area contributed by atoms with Crippen LogP contribution >= 0.6 is 22.9 Å². The third-order valence-corrected chi connectivity index (χ3v) is 5.37. The fourth-order valence-corrected chi connectivity index (χ4v) is 3.86. The number of halogens is 3. The van der Waals surface area contributed by atoms with E-state index in [0.29, 0.717) is 33.6 Å². The molecule has 0 saturated heterocycles. The molecule has 0 unspecified atom stereocenters. The third kappa shape index (κ3) is 5.62. The molecule has 154 valence electrons. The summed E-state index contributed by atoms with van der Waals surface area (Å²) in [7, 11) is 3.87. The largest absolute Gasteiger partial charge is 0.484 e. The molecule has 0 aliphatic carbocycles. The molecule has 0 bridgehead atoms. The Bertz CT molecular complexity index is 995. The molecular formula is C20H20ClF2N3O2S. The number of thiazole rings is 1. The van der Waals surface area contributed by atoms with E-state index in [4.69, 9.17) is 16.3 Å². The number of fused-ring (bicyclic) bond motifs is 1. The Labute approximate surface area is 176 Å². The molecule has 0 fully saturated rings. The van der Waals surface area contributed by atoms with Crippen LogP contribution in [0.1, 0.15) is 6.42 Å². The van der Waals surface area contributed by atoms with E-state index >= 15 is 0 Å². The van der Waals surface area contributed by atoms with Crippen molar-refractivity contribution in [2.45, 2.75) is 6.42 Å². The van der Waals surface area contributed by atoms with Crippen LogP contribution in [0.4, 0.5) is 13.9 Å². The Kier molecular flexibility index (Phi) is 7.00. The number of ether oxygens (including phenoxy) is 1. The smallest absolute Gasteiger partial charge is 0.266 e. The van der Waals surface area contributed by atoms with Gasteiger partial charge in [-0.1, -0.05) is 22.9 Å². The third-order valence-electron chi connectivity index (χ3n) is 4.10. The van der Waals surface area contributed by atoms with Gasteiger partial charge in [0.05, 0.1) is 4.70 Å². The predicted molar refractivity (Wildman–Crippen MR) is 112 cm³/mol. The number of amides is 1. The second kappa shape index (κ2) is 9.47. The maximum atomic E-state index is 14.0. The summed E-state index contributed by atoms with van der Waals surface area (Å²) in [6.07, 6.45) is 0.687. The molecule has 0 radical (unpaired) electrons. The highest BCUT2D eigenvalue weighted by Gasteiger charge is 2.21. The van der Waals surface area contributed by atoms with Crippen molar-refractivity contribution >= 4 is 44.2 Å². The second-order valence-electron chi connectivity index (χ2n) is 6.68. The molecule has 0 atom stereocenters. The van der Waals surface area contributed by atoms with E-state index in [0.717, 1.165) is 23.9 Å². The minimum absolute atomic E-state index is 0.0513. The molecule has 3 rings (SSSR count). The van der Waals surface area contributed by atoms with Crippen molar-refractivity contribution in [1.82, 2.24) is 9.88 Å². The molecule has 1 amide bonds. The highest BCUT2D eigenvalue weighted by molar-refractivity contribution is 7.22. The Morgan fingerprint density at radius 1 is 1.17 bits per heavy atom. The van der Waals surface area contributed by atoms with Crippen molar-refractivity contribution < 1.29 is 18.3 Å². The highest BCUT2D eigenvalue weighted by Crippen LogP contribution is 2.31. The summed E-state index contributed by atoms with van der Waals surface area (Å²) in [6.45, 7) is 0.928. The molecule has 1 aromatic heterocycles. The van der Waals surface area contributed by atoms with Crippen molar-refractivity contribution in [1.29, 1.82) is 0 Å². The number of hydrogen-bond donors (Lipinski definition) is 0. The van der Waals surface area contributed by atoms with Crippen molar-refractivity contribution in [2.75, 3.05) is 38.7 Å². The Balaban J connectivity index is 1.80. The highest BCUT2D eigenvalue weighted by atomic mass is 35.5. The van der Waals surface area contributed by atoms with E-state index in [-0.39, 0.29) is 18.0 Å². The molecule has 3 aromatic rings. The molecule has 0 saturated carbocycles. The second-order valence-corrected chi connectivity index (χ2v) is 8.12. The van der Waals surface area contributed by atoms with Crippen LogP contribution in [0.2, 0.25) is 5.02 Å². The number of anilines is 1. The summed E-state index contributed by atoms with van der Waals surface area (Å²) >= 11 is 6.92. The molecule has 9 heteroatoms. The summed E-state index contributed by atoms with van der Waals surface area (Å²) < 4.78 is 33.5. The van der Waals surface area contributed by atoms with E-state index in [2.05, 4.69) is 4.98 Å². The van der Waals surface area contributed by atoms with Gasteiger partial charge in [-0.25, -0.2) is 13.8 Å². The van der Waals surface area contributed by atoms with Gasteiger partial charge in [-0.15, -0.1) is 0 Å². The normalized spacial score (nSPS) is 11.2. The van der Waals surface area contributed by atoms with Gasteiger partial charge < -0.3 is 9.64 Å². The van der Waals surface area contributed by atoms with Gasteiger partial charge in [0, 0.05) is 17.6 Å². The number of rotatable bonds is 8. The SMILES string of the molecule is CN(C)CCCN(C(=O)COc1ccc(Cl)cc1)c1nc2c(F)cc(F)cc2s1. The zero-order valence-corrected chi connectivity index (χ0v) is 17.6. The first-order chi connectivity index (χ1) is 13.8. The lowest BCUT2D eigenvalue weighted by Gasteiger charge is -2.21. The van der Waals surface area contributed by atoms with Crippen LogP contribution < -0.4 is 9.64 Å². The number of hydrogen-bond acceptors (Lipinski definition) is 5. The summed E-state index contributed by atoms with van der Waals surface area (Å²) in [5, 5.41) is 0.880. The summed E-state index contributed by atoms with van der Waals surface area (Å²) in [5.41, 5.74) is 0.0513. The molecular weight excluding hydrogens is 420 g/mol. The van der Waals surface area contributed by atoms with E-state index in [1.807, 2.05) is 19.0 Å². The summed E-state index contributed by atoms with van der Waals surface area (Å²) in [5.74, 6) is -1.24. The van der Waals surface area contributed by atoms with E-state index in [1.54, 1.807) is 24.3 Å². The minimum Gasteiger partial charge on any atom is -0.484 e. The lowest BCUT2D eigenvalue weighted by Crippen LogP contribution is -2.36. The van der Waals surface area contributed by atoms with Gasteiger partial charge in [-0.2, -0.15) is 0 Å². The van der Waals surface area contributed by atoms with Gasteiger partial charge >= 0.3 is 0 Å². The van der Waals surface area contributed by atoms with Gasteiger partial charge in [0.15, 0.2) is 17.6 Å². The maximum Gasteiger partial charge on any atom is 0.266 e. The average Bonchev–Trinajstić information content (AvgIpc) is 3.08. The number of nitrogens with zero attached hydrogens (tertiary/aromatic N) is 3. The van der Waals surface area contributed by atoms with Crippen LogP contribution in [0, 0.1) is 11.6 Å². The van der Waals surface area contributed by atoms with Crippen LogP contribution in [0.25, 0.3) is 10.2 Å². The van der Waals surface area contributed by atoms with Gasteiger partial charge in [-0.3, -0.25) is 9.69 Å². The lowest BCUT2D eigenvalue weighted by molar-refractivity contribution is -0.120. The molecule has 5 nitrogen and oxygen atoms in total. The van der Waals surface area contributed by atoms with Crippen LogP contribution in [0.5, 0.6) is 5.75 Å². The Morgan fingerprint density at radius 3 is 2.59 bits per heavy atom. The quantitative estimate of drug-likeness (QED) is 0.515. The first kappa shape index (κ1) is 21.4. The number of aromatic nitrogens is 1. The average molecular weight is 440 g/mol. The van der Waals surface area contributed by atoms with Crippen LogP contribution in [-0.4, -0.2) is 49.6 Å². The monoisotopic (exact) mass is 439 g/mol. The summed E-state index contributed by atoms with van der Waals surface area (Å²) in [4.78, 5) is 20.5. The molecule has 2 aromatic carbocycles. The predicted octanol–water partition coefficient (Wildman–Crippen LogP) is 4.59. The number of carbonyl (C=O) groups is 1. The molecule has 29 heavy (non-hydrogen) atoms. The number of benzene rings is 2. The number of carbonyl (C=O) groups excluding carboxylic acids is 1. The van der Waals surface area contributed by atoms with Crippen molar-refractivity contribution in [3.63, 3.8) is 0 Å². The molecule has 1 heterocycles. The first-order valence-electron chi connectivity index (χ1n) is 8.92. The Hall–Kier alpha value is -2.29. The lowest BCUT2D eigenvalue weighted by atomic mass is 10.3. The minimum atomic E-state index is -0.749. The van der Waals surface area contributed by atoms with Crippen molar-refractivity contribution in [2.24, 2.45) is 0 Å². The Morgan fingerprint density at radius 2 is 1.90 bits per heavy atom. The molecule has 0 aliphatic rings. The van der Waals surface area contributed by atoms with Gasteiger partial charge in [-0.05, 0) is 57.4 Å². The van der Waals surface area contributed by atoms with Crippen LogP contribution in [0.15, 0.2) is 36.4 Å². The van der Waals surface area contributed by atoms with E-state index in [1.165, 1.54) is 11.0 Å². The van der Waals surface area contributed by atoms with Gasteiger partial charge in [0.2, 0.25) is 0 Å². The zero-order chi connectivity index (χ0) is 21.0. The fourth-order valence-electron chi connectivity index (χ4n) is 2.69. The topological polar surface area (TPSA) is 45.7 Å². The van der Waals surface area contributed by atoms with Crippen LogP contribution in [-0.2, 0) is 4.79 Å². The van der Waals surface area contributed by atoms with Gasteiger partial charge in [0.1, 0.15) is 17.1 Å². The molecule has 0 aliphatic heterocycles. The van der Waals surface area contributed by atoms with Crippen molar-refractivity contribution in [3.8, 4) is 5.75 Å². The van der Waals surface area contributed by atoms with Crippen molar-refractivity contribution in [3.05, 3.63) is 53.1 Å². The van der Waals surface area contributed by atoms with E-state index < -0.39 is 11.6 Å². The maximum absolute atomic E-state index is 14.0. The van der Waals surface area contributed by atoms with Crippen LogP contribution in [0.3, 0.4) is 0 Å². The van der Waals surface area contributed by atoms with Gasteiger partial charge in [0.25, 0.3) is 5.91 Å².